The predicted molar refractivity (Wildman–Crippen MR) is 122 cm³/mol. The van der Waals surface area contributed by atoms with Gasteiger partial charge in [0.25, 0.3) is 0 Å². The lowest BCUT2D eigenvalue weighted by Crippen LogP contribution is -3.00. The van der Waals surface area contributed by atoms with Crippen LogP contribution in [0.3, 0.4) is 0 Å². The first-order valence-corrected chi connectivity index (χ1v) is 11.9. The van der Waals surface area contributed by atoms with E-state index in [1.54, 1.807) is 30.3 Å². The van der Waals surface area contributed by atoms with Gasteiger partial charge >= 0.3 is 0 Å². The topological polar surface area (TPSA) is 101 Å². The molecule has 4 rings (SSSR count). The SMILES string of the molecule is C[N+]1(C)CCC(O)C1.C[N+]1(C)CCC(O)C1.O=C([O-])C(O)(c1ccccc1)C1CCCC1.[Br-]. The van der Waals surface area contributed by atoms with Gasteiger partial charge in [0.2, 0.25) is 0 Å². The predicted octanol–water partition coefficient (Wildman–Crippen LogP) is -2.53. The number of hydrogen-bond acceptors (Lipinski definition) is 5. The van der Waals surface area contributed by atoms with Gasteiger partial charge < -0.3 is 51.2 Å². The van der Waals surface area contributed by atoms with E-state index in [9.17, 15) is 15.0 Å². The summed E-state index contributed by atoms with van der Waals surface area (Å²) in [4.78, 5) is 11.2. The normalized spacial score (nSPS) is 27.2. The first-order valence-electron chi connectivity index (χ1n) is 11.9. The Bertz CT molecular complexity index is 701. The summed E-state index contributed by atoms with van der Waals surface area (Å²) in [5, 5.41) is 39.7. The number of carboxylic acid groups (broad SMARTS) is 1. The number of carbonyl (C=O) groups is 1. The maximum absolute atomic E-state index is 11.2. The number of aliphatic hydroxyl groups is 3. The van der Waals surface area contributed by atoms with Gasteiger partial charge in [0, 0.05) is 12.8 Å². The molecule has 3 atom stereocenters. The van der Waals surface area contributed by atoms with Crippen LogP contribution in [0.4, 0.5) is 0 Å². The van der Waals surface area contributed by atoms with Crippen molar-refractivity contribution < 1.29 is 51.2 Å². The molecule has 0 aromatic heterocycles. The molecule has 3 fully saturated rings. The summed E-state index contributed by atoms with van der Waals surface area (Å²) in [7, 11) is 8.60. The first-order chi connectivity index (χ1) is 14.9. The number of benzene rings is 1. The average Bonchev–Trinajstić information content (AvgIpc) is 3.43. The summed E-state index contributed by atoms with van der Waals surface area (Å²) in [6.07, 6.45) is 5.34. The molecule has 1 aromatic carbocycles. The number of likely N-dealkylation sites (tertiary alicyclic amines) is 2. The third kappa shape index (κ3) is 8.92. The fourth-order valence-corrected chi connectivity index (χ4v) is 5.06. The van der Waals surface area contributed by atoms with Gasteiger partial charge in [-0.05, 0) is 24.3 Å². The molecule has 0 bridgehead atoms. The molecule has 0 amide bonds. The number of carboxylic acids is 1. The molecular formula is C25H43BrN2O5. The molecule has 1 aromatic rings. The molecule has 0 spiro atoms. The van der Waals surface area contributed by atoms with Gasteiger partial charge in [0.1, 0.15) is 30.9 Å². The van der Waals surface area contributed by atoms with Crippen molar-refractivity contribution in [3.63, 3.8) is 0 Å². The smallest absolute Gasteiger partial charge is 0.132 e. The average molecular weight is 532 g/mol. The molecule has 3 aliphatic rings. The maximum atomic E-state index is 11.2. The maximum Gasteiger partial charge on any atom is 0.132 e. The number of aliphatic hydroxyl groups excluding tert-OH is 2. The molecule has 8 heteroatoms. The van der Waals surface area contributed by atoms with Crippen molar-refractivity contribution in [3.8, 4) is 0 Å². The number of likely N-dealkylation sites (N-methyl/N-ethyl adjacent to an activating group) is 2. The largest absolute Gasteiger partial charge is 1.00 e. The van der Waals surface area contributed by atoms with E-state index in [1.807, 2.05) is 0 Å². The van der Waals surface area contributed by atoms with Crippen LogP contribution in [0.25, 0.3) is 0 Å². The zero-order valence-corrected chi connectivity index (χ0v) is 22.2. The minimum atomic E-state index is -1.82. The lowest BCUT2D eigenvalue weighted by molar-refractivity contribution is -0.879. The lowest BCUT2D eigenvalue weighted by Gasteiger charge is -2.35. The Morgan fingerprint density at radius 2 is 1.30 bits per heavy atom. The molecule has 2 aliphatic heterocycles. The Kier molecular flexibility index (Phi) is 11.5. The van der Waals surface area contributed by atoms with E-state index in [2.05, 4.69) is 28.2 Å². The summed E-state index contributed by atoms with van der Waals surface area (Å²) in [5.74, 6) is -1.61. The summed E-state index contributed by atoms with van der Waals surface area (Å²) < 4.78 is 1.97. The van der Waals surface area contributed by atoms with Crippen LogP contribution in [-0.2, 0) is 10.4 Å². The highest BCUT2D eigenvalue weighted by atomic mass is 79.9. The molecule has 190 valence electrons. The molecule has 2 saturated heterocycles. The summed E-state index contributed by atoms with van der Waals surface area (Å²) in [5.41, 5.74) is -1.39. The Morgan fingerprint density at radius 3 is 1.58 bits per heavy atom. The van der Waals surface area contributed by atoms with Crippen LogP contribution in [0.2, 0.25) is 0 Å². The highest BCUT2D eigenvalue weighted by Gasteiger charge is 2.41. The molecule has 1 aliphatic carbocycles. The van der Waals surface area contributed by atoms with Crippen LogP contribution in [0.1, 0.15) is 44.1 Å². The summed E-state index contributed by atoms with van der Waals surface area (Å²) >= 11 is 0. The molecular weight excluding hydrogens is 488 g/mol. The highest BCUT2D eigenvalue weighted by molar-refractivity contribution is 5.77. The van der Waals surface area contributed by atoms with E-state index in [-0.39, 0.29) is 35.1 Å². The van der Waals surface area contributed by atoms with Crippen LogP contribution in [0, 0.1) is 5.92 Å². The van der Waals surface area contributed by atoms with E-state index in [4.69, 9.17) is 10.2 Å². The number of quaternary nitrogens is 2. The van der Waals surface area contributed by atoms with Gasteiger partial charge in [0.15, 0.2) is 0 Å². The second kappa shape index (κ2) is 12.6. The van der Waals surface area contributed by atoms with Crippen molar-refractivity contribution >= 4 is 5.97 Å². The van der Waals surface area contributed by atoms with Crippen molar-refractivity contribution in [2.24, 2.45) is 5.92 Å². The van der Waals surface area contributed by atoms with Gasteiger partial charge in [-0.3, -0.25) is 0 Å². The third-order valence-corrected chi connectivity index (χ3v) is 7.02. The van der Waals surface area contributed by atoms with Crippen LogP contribution in [0.5, 0.6) is 0 Å². The van der Waals surface area contributed by atoms with Crippen LogP contribution in [0.15, 0.2) is 30.3 Å². The Balaban J connectivity index is 0.000000271. The van der Waals surface area contributed by atoms with Crippen molar-refractivity contribution in [2.75, 3.05) is 54.4 Å². The Labute approximate surface area is 209 Å². The van der Waals surface area contributed by atoms with Crippen LogP contribution >= 0.6 is 0 Å². The fourth-order valence-electron chi connectivity index (χ4n) is 5.06. The number of aliphatic carboxylic acids is 1. The van der Waals surface area contributed by atoms with Gasteiger partial charge in [-0.1, -0.05) is 43.2 Å². The number of hydrogen-bond donors (Lipinski definition) is 3. The Morgan fingerprint density at radius 1 is 0.879 bits per heavy atom. The molecule has 2 heterocycles. The second-order valence-electron chi connectivity index (χ2n) is 11.0. The van der Waals surface area contributed by atoms with E-state index in [1.165, 1.54) is 0 Å². The monoisotopic (exact) mass is 530 g/mol. The summed E-state index contributed by atoms with van der Waals surface area (Å²) in [6, 6.07) is 8.56. The molecule has 3 unspecified atom stereocenters. The summed E-state index contributed by atoms with van der Waals surface area (Å²) in [6.45, 7) is 4.11. The molecule has 33 heavy (non-hydrogen) atoms. The minimum absolute atomic E-state index is 0. The molecule has 3 N–H and O–H groups in total. The van der Waals surface area contributed by atoms with Gasteiger partial charge in [-0.25, -0.2) is 0 Å². The third-order valence-electron chi connectivity index (χ3n) is 7.02. The van der Waals surface area contributed by atoms with Gasteiger partial charge in [-0.2, -0.15) is 0 Å². The molecule has 0 radical (unpaired) electrons. The van der Waals surface area contributed by atoms with Gasteiger partial charge in [0.05, 0.1) is 47.2 Å². The molecule has 1 saturated carbocycles. The number of nitrogens with zero attached hydrogens (tertiary/aromatic N) is 2. The molecule has 7 nitrogen and oxygen atoms in total. The van der Waals surface area contributed by atoms with Crippen LogP contribution < -0.4 is 22.1 Å². The van der Waals surface area contributed by atoms with E-state index < -0.39 is 11.6 Å². The standard InChI is InChI=1S/C13H16O3.2C6H14NO.BrH/c14-12(15)13(16,11-8-4-5-9-11)10-6-2-1-3-7-10;2*1-7(2)4-3-6(8)5-7;/h1-3,6-7,11,16H,4-5,8-9H2,(H,14,15);2*6,8H,3-5H2,1-2H3;1H/q;2*+1;/p-2. The Hall–Kier alpha value is -1.03. The van der Waals surface area contributed by atoms with E-state index in [0.29, 0.717) is 5.56 Å². The number of halogens is 1. The van der Waals surface area contributed by atoms with Crippen molar-refractivity contribution in [3.05, 3.63) is 35.9 Å². The quantitative estimate of drug-likeness (QED) is 0.374. The second-order valence-corrected chi connectivity index (χ2v) is 11.0. The van der Waals surface area contributed by atoms with E-state index in [0.717, 1.165) is 73.7 Å². The van der Waals surface area contributed by atoms with Crippen LogP contribution in [-0.4, -0.2) is 96.8 Å². The van der Waals surface area contributed by atoms with Crippen molar-refractivity contribution in [2.45, 2.75) is 56.3 Å². The lowest BCUT2D eigenvalue weighted by atomic mass is 9.80. The van der Waals surface area contributed by atoms with Crippen molar-refractivity contribution in [1.29, 1.82) is 0 Å². The zero-order chi connectivity index (χ0) is 24.0. The van der Waals surface area contributed by atoms with Crippen molar-refractivity contribution in [1.82, 2.24) is 0 Å². The first kappa shape index (κ1) is 30.0. The fraction of sp³-hybridized carbons (Fsp3) is 0.720. The number of carbonyl (C=O) groups excluding carboxylic acids is 1. The van der Waals surface area contributed by atoms with Gasteiger partial charge in [-0.15, -0.1) is 0 Å². The van der Waals surface area contributed by atoms with E-state index >= 15 is 0 Å². The minimum Gasteiger partial charge on any atom is -1.00 e. The zero-order valence-electron chi connectivity index (χ0n) is 20.6. The number of rotatable bonds is 3. The highest BCUT2D eigenvalue weighted by Crippen LogP contribution is 2.40.